The predicted molar refractivity (Wildman–Crippen MR) is 56.6 cm³/mol. The van der Waals surface area contributed by atoms with Gasteiger partial charge in [0.2, 0.25) is 0 Å². The zero-order valence-corrected chi connectivity index (χ0v) is 8.66. The Morgan fingerprint density at radius 1 is 1.43 bits per heavy atom. The van der Waals surface area contributed by atoms with Crippen LogP contribution >= 0.6 is 0 Å². The Morgan fingerprint density at radius 3 is 2.64 bits per heavy atom. The molecular formula is C12H16O2. The number of aromatic carboxylic acids is 1. The molecule has 2 nitrogen and oxygen atoms in total. The average Bonchev–Trinajstić information content (AvgIpc) is 2.18. The number of benzene rings is 1. The summed E-state index contributed by atoms with van der Waals surface area (Å²) in [4.78, 5) is 10.9. The third-order valence-electron chi connectivity index (χ3n) is 2.51. The number of carboxylic acid groups (broad SMARTS) is 1. The van der Waals surface area contributed by atoms with E-state index in [1.54, 1.807) is 12.1 Å². The van der Waals surface area contributed by atoms with Gasteiger partial charge in [-0.05, 0) is 24.0 Å². The Bertz CT molecular complexity index is 318. The van der Waals surface area contributed by atoms with E-state index in [0.29, 0.717) is 11.5 Å². The summed E-state index contributed by atoms with van der Waals surface area (Å²) in [5.41, 5.74) is 1.38. The first-order valence-electron chi connectivity index (χ1n) is 4.96. The number of carbonyl (C=O) groups is 1. The standard InChI is InChI=1S/C12H16O2/c1-3-9(2)8-10-6-4-5-7-11(10)12(13)14/h4-7,9H,3,8H2,1-2H3,(H,13,14). The van der Waals surface area contributed by atoms with Crippen LogP contribution in [0.5, 0.6) is 0 Å². The van der Waals surface area contributed by atoms with E-state index in [-0.39, 0.29) is 0 Å². The molecule has 1 atom stereocenters. The lowest BCUT2D eigenvalue weighted by molar-refractivity contribution is 0.0695. The zero-order chi connectivity index (χ0) is 10.6. The van der Waals surface area contributed by atoms with Crippen LogP contribution < -0.4 is 0 Å². The van der Waals surface area contributed by atoms with E-state index < -0.39 is 5.97 Å². The smallest absolute Gasteiger partial charge is 0.335 e. The minimum Gasteiger partial charge on any atom is -0.478 e. The molecule has 1 aromatic carbocycles. The molecule has 0 aliphatic carbocycles. The van der Waals surface area contributed by atoms with E-state index in [0.717, 1.165) is 18.4 Å². The highest BCUT2D eigenvalue weighted by atomic mass is 16.4. The van der Waals surface area contributed by atoms with E-state index in [1.807, 2.05) is 12.1 Å². The molecule has 0 aliphatic heterocycles. The summed E-state index contributed by atoms with van der Waals surface area (Å²) in [5.74, 6) is -0.292. The normalized spacial score (nSPS) is 12.4. The number of hydrogen-bond donors (Lipinski definition) is 1. The lowest BCUT2D eigenvalue weighted by atomic mass is 9.95. The Labute approximate surface area is 84.6 Å². The molecule has 0 heterocycles. The maximum atomic E-state index is 10.9. The van der Waals surface area contributed by atoms with Crippen LogP contribution in [0.25, 0.3) is 0 Å². The van der Waals surface area contributed by atoms with E-state index in [9.17, 15) is 4.79 Å². The van der Waals surface area contributed by atoms with Crippen LogP contribution in [0.4, 0.5) is 0 Å². The first-order chi connectivity index (χ1) is 6.65. The molecule has 0 spiro atoms. The van der Waals surface area contributed by atoms with Crippen LogP contribution in [0.1, 0.15) is 36.2 Å². The molecule has 0 saturated heterocycles. The lowest BCUT2D eigenvalue weighted by Gasteiger charge is -2.10. The summed E-state index contributed by atoms with van der Waals surface area (Å²) < 4.78 is 0. The second kappa shape index (κ2) is 4.80. The van der Waals surface area contributed by atoms with Crippen LogP contribution in [-0.4, -0.2) is 11.1 Å². The van der Waals surface area contributed by atoms with Crippen molar-refractivity contribution in [3.63, 3.8) is 0 Å². The average molecular weight is 192 g/mol. The maximum Gasteiger partial charge on any atom is 0.335 e. The molecule has 0 fully saturated rings. The Hall–Kier alpha value is -1.31. The van der Waals surface area contributed by atoms with Gasteiger partial charge in [-0.3, -0.25) is 0 Å². The van der Waals surface area contributed by atoms with Gasteiger partial charge >= 0.3 is 5.97 Å². The summed E-state index contributed by atoms with van der Waals surface area (Å²) >= 11 is 0. The highest BCUT2D eigenvalue weighted by Gasteiger charge is 2.10. The monoisotopic (exact) mass is 192 g/mol. The number of carboxylic acids is 1. The second-order valence-electron chi connectivity index (χ2n) is 3.68. The van der Waals surface area contributed by atoms with E-state index in [2.05, 4.69) is 13.8 Å². The molecule has 1 rings (SSSR count). The van der Waals surface area contributed by atoms with Gasteiger partial charge in [0.05, 0.1) is 5.56 Å². The van der Waals surface area contributed by atoms with Crippen molar-refractivity contribution in [1.29, 1.82) is 0 Å². The zero-order valence-electron chi connectivity index (χ0n) is 8.66. The largest absolute Gasteiger partial charge is 0.478 e. The summed E-state index contributed by atoms with van der Waals surface area (Å²) in [7, 11) is 0. The van der Waals surface area contributed by atoms with Crippen molar-refractivity contribution in [2.24, 2.45) is 5.92 Å². The van der Waals surface area contributed by atoms with Crippen LogP contribution in [0.3, 0.4) is 0 Å². The van der Waals surface area contributed by atoms with E-state index >= 15 is 0 Å². The van der Waals surface area contributed by atoms with Crippen molar-refractivity contribution in [3.8, 4) is 0 Å². The van der Waals surface area contributed by atoms with Gasteiger partial charge in [0.1, 0.15) is 0 Å². The Kier molecular flexibility index (Phi) is 3.69. The first kappa shape index (κ1) is 10.8. The van der Waals surface area contributed by atoms with Gasteiger partial charge in [-0.1, -0.05) is 38.5 Å². The lowest BCUT2D eigenvalue weighted by Crippen LogP contribution is -2.06. The van der Waals surface area contributed by atoms with Gasteiger partial charge in [-0.2, -0.15) is 0 Å². The van der Waals surface area contributed by atoms with Crippen molar-refractivity contribution in [3.05, 3.63) is 35.4 Å². The SMILES string of the molecule is CCC(C)Cc1ccccc1C(=O)O. The molecule has 14 heavy (non-hydrogen) atoms. The molecule has 0 radical (unpaired) electrons. The van der Waals surface area contributed by atoms with Gasteiger partial charge in [-0.25, -0.2) is 4.79 Å². The summed E-state index contributed by atoms with van der Waals surface area (Å²) in [5, 5.41) is 8.95. The second-order valence-corrected chi connectivity index (χ2v) is 3.68. The van der Waals surface area contributed by atoms with Crippen molar-refractivity contribution in [2.75, 3.05) is 0 Å². The molecule has 2 heteroatoms. The molecule has 76 valence electrons. The fraction of sp³-hybridized carbons (Fsp3) is 0.417. The summed E-state index contributed by atoms with van der Waals surface area (Å²) in [6.45, 7) is 4.26. The highest BCUT2D eigenvalue weighted by Crippen LogP contribution is 2.15. The molecule has 1 unspecified atom stereocenters. The molecule has 1 aromatic rings. The van der Waals surface area contributed by atoms with Crippen LogP contribution in [0.2, 0.25) is 0 Å². The Morgan fingerprint density at radius 2 is 2.07 bits per heavy atom. The maximum absolute atomic E-state index is 10.9. The molecular weight excluding hydrogens is 176 g/mol. The quantitative estimate of drug-likeness (QED) is 0.796. The third kappa shape index (κ3) is 2.59. The Balaban J connectivity index is 2.90. The molecule has 0 aromatic heterocycles. The van der Waals surface area contributed by atoms with Gasteiger partial charge in [0.15, 0.2) is 0 Å². The topological polar surface area (TPSA) is 37.3 Å². The van der Waals surface area contributed by atoms with Crippen LogP contribution in [-0.2, 0) is 6.42 Å². The van der Waals surface area contributed by atoms with Crippen molar-refractivity contribution in [2.45, 2.75) is 26.7 Å². The third-order valence-corrected chi connectivity index (χ3v) is 2.51. The molecule has 0 bridgehead atoms. The van der Waals surface area contributed by atoms with Crippen molar-refractivity contribution in [1.82, 2.24) is 0 Å². The molecule has 0 amide bonds. The van der Waals surface area contributed by atoms with Crippen LogP contribution in [0.15, 0.2) is 24.3 Å². The van der Waals surface area contributed by atoms with E-state index in [4.69, 9.17) is 5.11 Å². The fourth-order valence-electron chi connectivity index (χ4n) is 1.43. The summed E-state index contributed by atoms with van der Waals surface area (Å²) in [6, 6.07) is 7.23. The molecule has 1 N–H and O–H groups in total. The van der Waals surface area contributed by atoms with Crippen LogP contribution in [0, 0.1) is 5.92 Å². The van der Waals surface area contributed by atoms with Gasteiger partial charge in [0.25, 0.3) is 0 Å². The first-order valence-corrected chi connectivity index (χ1v) is 4.96. The minimum atomic E-state index is -0.830. The van der Waals surface area contributed by atoms with Crippen molar-refractivity contribution >= 4 is 5.97 Å². The molecule has 0 aliphatic rings. The highest BCUT2D eigenvalue weighted by molar-refractivity contribution is 5.89. The minimum absolute atomic E-state index is 0.438. The number of rotatable bonds is 4. The van der Waals surface area contributed by atoms with Gasteiger partial charge in [-0.15, -0.1) is 0 Å². The molecule has 0 saturated carbocycles. The number of hydrogen-bond acceptors (Lipinski definition) is 1. The predicted octanol–water partition coefficient (Wildman–Crippen LogP) is 2.97. The van der Waals surface area contributed by atoms with E-state index in [1.165, 1.54) is 0 Å². The van der Waals surface area contributed by atoms with Crippen molar-refractivity contribution < 1.29 is 9.90 Å². The fourth-order valence-corrected chi connectivity index (χ4v) is 1.43. The van der Waals surface area contributed by atoms with Gasteiger partial charge in [0, 0.05) is 0 Å². The summed E-state index contributed by atoms with van der Waals surface area (Å²) in [6.07, 6.45) is 1.92. The van der Waals surface area contributed by atoms with Gasteiger partial charge < -0.3 is 5.11 Å².